The normalized spacial score (nSPS) is 14.9. The Labute approximate surface area is 197 Å². The van der Waals surface area contributed by atoms with Crippen molar-refractivity contribution in [1.82, 2.24) is 0 Å². The molecule has 0 aliphatic heterocycles. The lowest BCUT2D eigenvalue weighted by molar-refractivity contribution is -0.142. The highest BCUT2D eigenvalue weighted by Crippen LogP contribution is 2.67. The van der Waals surface area contributed by atoms with Crippen molar-refractivity contribution in [2.45, 2.75) is 71.9 Å². The molecule has 0 saturated carbocycles. The molecule has 1 atom stereocenters. The smallest absolute Gasteiger partial charge is 0.351 e. The van der Waals surface area contributed by atoms with Gasteiger partial charge in [0, 0.05) is 18.4 Å². The van der Waals surface area contributed by atoms with Crippen LogP contribution < -0.4 is 0 Å². The number of ether oxygens (including phenoxy) is 1. The van der Waals surface area contributed by atoms with Gasteiger partial charge in [-0.05, 0) is 44.4 Å². The van der Waals surface area contributed by atoms with E-state index >= 15 is 0 Å². The van der Waals surface area contributed by atoms with Crippen LogP contribution >= 0.6 is 7.26 Å². The van der Waals surface area contributed by atoms with E-state index in [-0.39, 0.29) is 29.1 Å². The van der Waals surface area contributed by atoms with Crippen LogP contribution in [0.1, 0.15) is 82.1 Å². The summed E-state index contributed by atoms with van der Waals surface area (Å²) >= 11 is 0. The van der Waals surface area contributed by atoms with Crippen molar-refractivity contribution >= 4 is 30.6 Å². The van der Waals surface area contributed by atoms with Crippen LogP contribution in [0, 0.1) is 5.82 Å². The van der Waals surface area contributed by atoms with Crippen LogP contribution in [0.25, 0.3) is 5.76 Å². The van der Waals surface area contributed by atoms with Gasteiger partial charge in [-0.1, -0.05) is 40.0 Å². The molecule has 1 aliphatic rings. The van der Waals surface area contributed by atoms with E-state index in [1.165, 1.54) is 6.07 Å². The third-order valence-electron chi connectivity index (χ3n) is 6.39. The molecule has 0 amide bonds. The lowest BCUT2D eigenvalue weighted by Crippen LogP contribution is -2.40. The van der Waals surface area contributed by atoms with E-state index in [4.69, 9.17) is 4.74 Å². The van der Waals surface area contributed by atoms with Gasteiger partial charge in [0.2, 0.25) is 11.6 Å². The van der Waals surface area contributed by atoms with Crippen molar-refractivity contribution in [1.29, 1.82) is 0 Å². The Kier molecular flexibility index (Phi) is 10.2. The third kappa shape index (κ3) is 5.90. The van der Waals surface area contributed by atoms with Gasteiger partial charge in [-0.3, -0.25) is 9.59 Å². The van der Waals surface area contributed by atoms with Gasteiger partial charge in [-0.2, -0.15) is 0 Å². The summed E-state index contributed by atoms with van der Waals surface area (Å²) in [7, 11) is -2.17. The van der Waals surface area contributed by atoms with E-state index in [1.54, 1.807) is 6.92 Å². The molecule has 0 saturated heterocycles. The average molecular weight is 480 g/mol. The molecule has 1 aromatic carbocycles. The maximum absolute atomic E-state index is 13.8. The minimum atomic E-state index is -2.17. The summed E-state index contributed by atoms with van der Waals surface area (Å²) in [6.45, 7) is 8.11. The third-order valence-corrected chi connectivity index (χ3v) is 11.6. The summed E-state index contributed by atoms with van der Waals surface area (Å²) < 4.78 is 19.2. The second-order valence-corrected chi connectivity index (χ2v) is 13.0. The molecule has 5 nitrogen and oxygen atoms in total. The molecule has 0 bridgehead atoms. The number of Topliss-reactive ketones (excluding diaryl/α,β-unsaturated/α-hetero) is 2. The summed E-state index contributed by atoms with van der Waals surface area (Å²) in [5, 5.41) is 11.2. The van der Waals surface area contributed by atoms with Gasteiger partial charge in [-0.15, -0.1) is 0 Å². The average Bonchev–Trinajstić information content (AvgIpc) is 2.80. The zero-order valence-electron chi connectivity index (χ0n) is 20.3. The Morgan fingerprint density at radius 2 is 1.48 bits per heavy atom. The first-order valence-corrected chi connectivity index (χ1v) is 14.5. The fourth-order valence-corrected chi connectivity index (χ4v) is 10.2. The van der Waals surface area contributed by atoms with Gasteiger partial charge in [-0.25, -0.2) is 9.18 Å². The van der Waals surface area contributed by atoms with Gasteiger partial charge in [0.1, 0.15) is 11.6 Å². The predicted octanol–water partition coefficient (Wildman–Crippen LogP) is 6.21. The van der Waals surface area contributed by atoms with E-state index in [0.29, 0.717) is 0 Å². The minimum absolute atomic E-state index is 0.102. The first-order valence-electron chi connectivity index (χ1n) is 12.1. The highest BCUT2D eigenvalue weighted by molar-refractivity contribution is 7.77. The summed E-state index contributed by atoms with van der Waals surface area (Å²) in [5.41, 5.74) is -1.15. The molecule has 0 radical (unpaired) electrons. The number of esters is 1. The number of ketones is 2. The fourth-order valence-electron chi connectivity index (χ4n) is 4.64. The Morgan fingerprint density at radius 1 is 0.939 bits per heavy atom. The molecule has 0 fully saturated rings. The van der Waals surface area contributed by atoms with Gasteiger partial charge in [0.05, 0.1) is 30.7 Å². The van der Waals surface area contributed by atoms with E-state index in [1.807, 2.05) is 0 Å². The summed E-state index contributed by atoms with van der Waals surface area (Å²) in [6.07, 6.45) is 7.89. The SMILES string of the molecule is CCCC[P+](CCCC)(CCCC)C(C(=O)OCC)C1=C(O)c2ccc(F)cc2C(=O)C1=O. The van der Waals surface area contributed by atoms with Gasteiger partial charge < -0.3 is 9.84 Å². The molecule has 0 aromatic heterocycles. The van der Waals surface area contributed by atoms with Crippen LogP contribution in [0.15, 0.2) is 23.8 Å². The monoisotopic (exact) mass is 479 g/mol. The Morgan fingerprint density at radius 3 is 1.97 bits per heavy atom. The van der Waals surface area contributed by atoms with Gasteiger partial charge in [0.25, 0.3) is 0 Å². The Hall–Kier alpha value is -2.07. The number of carbonyl (C=O) groups excluding carboxylic acids is 3. The van der Waals surface area contributed by atoms with Crippen LogP contribution in [0.4, 0.5) is 4.39 Å². The van der Waals surface area contributed by atoms with Crippen molar-refractivity contribution in [2.24, 2.45) is 0 Å². The maximum Gasteiger partial charge on any atom is 0.351 e. The van der Waals surface area contributed by atoms with Crippen molar-refractivity contribution < 1.29 is 28.6 Å². The predicted molar refractivity (Wildman–Crippen MR) is 132 cm³/mol. The number of aliphatic hydroxyl groups excluding tert-OH is 1. The van der Waals surface area contributed by atoms with Crippen molar-refractivity contribution in [2.75, 3.05) is 25.1 Å². The summed E-state index contributed by atoms with van der Waals surface area (Å²) in [4.78, 5) is 39.8. The number of benzene rings is 1. The van der Waals surface area contributed by atoms with Crippen LogP contribution in [-0.4, -0.2) is 53.4 Å². The molecular weight excluding hydrogens is 442 g/mol. The van der Waals surface area contributed by atoms with Gasteiger partial charge >= 0.3 is 5.97 Å². The fraction of sp³-hybridized carbons (Fsp3) is 0.577. The molecule has 0 spiro atoms. The summed E-state index contributed by atoms with van der Waals surface area (Å²) in [6, 6.07) is 3.41. The number of rotatable bonds is 13. The lowest BCUT2D eigenvalue weighted by atomic mass is 9.87. The molecule has 1 aromatic rings. The first-order chi connectivity index (χ1) is 15.8. The quantitative estimate of drug-likeness (QED) is 0.207. The number of hydrogen-bond donors (Lipinski definition) is 1. The molecule has 0 heterocycles. The zero-order chi connectivity index (χ0) is 24.6. The molecular formula is C26H37FO5P+. The minimum Gasteiger partial charge on any atom is -0.507 e. The number of hydrogen-bond acceptors (Lipinski definition) is 5. The molecule has 2 rings (SSSR count). The number of carbonyl (C=O) groups is 3. The molecule has 1 aliphatic carbocycles. The number of unbranched alkanes of at least 4 members (excludes halogenated alkanes) is 3. The molecule has 182 valence electrons. The van der Waals surface area contributed by atoms with Crippen LogP contribution in [0.5, 0.6) is 0 Å². The van der Waals surface area contributed by atoms with E-state index in [0.717, 1.165) is 69.1 Å². The Bertz CT molecular complexity index is 886. The molecule has 1 N–H and O–H groups in total. The molecule has 33 heavy (non-hydrogen) atoms. The van der Waals surface area contributed by atoms with Crippen molar-refractivity contribution in [3.8, 4) is 0 Å². The van der Waals surface area contributed by atoms with Crippen molar-refractivity contribution in [3.05, 3.63) is 40.7 Å². The number of halogens is 1. The first kappa shape index (κ1) is 27.2. The van der Waals surface area contributed by atoms with Gasteiger partial charge in [0.15, 0.2) is 5.66 Å². The van der Waals surface area contributed by atoms with E-state index in [2.05, 4.69) is 20.8 Å². The standard InChI is InChI=1S/C26H36FO5P/c1-5-9-14-33(15-10-6-2,16-11-7-3)25(26(31)32-8-4)21-22(28)19-13-12-18(27)17-20(19)23(29)24(21)30/h12-13,17,25H,5-11,14-16H2,1-4H3/p+1. The second kappa shape index (κ2) is 12.4. The van der Waals surface area contributed by atoms with E-state index < -0.39 is 36.3 Å². The highest BCUT2D eigenvalue weighted by atomic mass is 31.2. The lowest BCUT2D eigenvalue weighted by Gasteiger charge is -2.35. The van der Waals surface area contributed by atoms with E-state index in [9.17, 15) is 23.9 Å². The molecule has 7 heteroatoms. The topological polar surface area (TPSA) is 80.7 Å². The number of aliphatic hydroxyl groups is 1. The van der Waals surface area contributed by atoms with Crippen LogP contribution in [0.2, 0.25) is 0 Å². The summed E-state index contributed by atoms with van der Waals surface area (Å²) in [5.74, 6) is -3.39. The largest absolute Gasteiger partial charge is 0.507 e. The number of fused-ring (bicyclic) bond motifs is 1. The Balaban J connectivity index is 2.80. The zero-order valence-corrected chi connectivity index (χ0v) is 21.2. The van der Waals surface area contributed by atoms with Crippen LogP contribution in [-0.2, 0) is 14.3 Å². The highest BCUT2D eigenvalue weighted by Gasteiger charge is 2.55. The van der Waals surface area contributed by atoms with Crippen molar-refractivity contribution in [3.63, 3.8) is 0 Å². The maximum atomic E-state index is 13.8. The second-order valence-electron chi connectivity index (χ2n) is 8.72. The molecule has 1 unspecified atom stereocenters. The van der Waals surface area contributed by atoms with Crippen LogP contribution in [0.3, 0.4) is 0 Å².